The summed E-state index contributed by atoms with van der Waals surface area (Å²) in [4.78, 5) is 26.0. The van der Waals surface area contributed by atoms with Gasteiger partial charge in [0, 0.05) is 36.7 Å². The van der Waals surface area contributed by atoms with E-state index in [1.807, 2.05) is 47.4 Å². The molecule has 162 valence electrons. The zero-order valence-corrected chi connectivity index (χ0v) is 17.7. The van der Waals surface area contributed by atoms with Crippen molar-refractivity contribution >= 4 is 16.9 Å². The van der Waals surface area contributed by atoms with Crippen LogP contribution in [-0.4, -0.2) is 35.6 Å². The molecule has 0 saturated carbocycles. The molecule has 5 nitrogen and oxygen atoms in total. The largest absolute Gasteiger partial charge is 0.423 e. The summed E-state index contributed by atoms with van der Waals surface area (Å²) in [5.74, 6) is 0.800. The molecule has 3 aromatic rings. The van der Waals surface area contributed by atoms with Gasteiger partial charge in [-0.05, 0) is 73.8 Å². The molecule has 1 amide bonds. The summed E-state index contributed by atoms with van der Waals surface area (Å²) in [6.45, 7) is 1.68. The van der Waals surface area contributed by atoms with Gasteiger partial charge in [0.15, 0.2) is 0 Å². The Morgan fingerprint density at radius 2 is 1.81 bits per heavy atom. The van der Waals surface area contributed by atoms with Gasteiger partial charge in [0.25, 0.3) is 5.91 Å². The zero-order valence-electron chi connectivity index (χ0n) is 17.7. The van der Waals surface area contributed by atoms with Crippen molar-refractivity contribution in [3.8, 4) is 0 Å². The van der Waals surface area contributed by atoms with Crippen LogP contribution in [0.4, 0.5) is 0 Å². The summed E-state index contributed by atoms with van der Waals surface area (Å²) < 4.78 is 5.28. The molecular formula is C26H29NO4. The Hall–Kier alpha value is -2.92. The van der Waals surface area contributed by atoms with Crippen molar-refractivity contribution in [1.29, 1.82) is 0 Å². The number of amides is 1. The van der Waals surface area contributed by atoms with Crippen LogP contribution in [0.3, 0.4) is 0 Å². The smallest absolute Gasteiger partial charge is 0.336 e. The SMILES string of the molecule is O=C(c1ccccc1)N1CCC(C(CO)CCCc2ccc3ccc(=O)oc3c2)CC1. The van der Waals surface area contributed by atoms with E-state index in [1.54, 1.807) is 6.07 Å². The number of hydrogen-bond acceptors (Lipinski definition) is 4. The van der Waals surface area contributed by atoms with E-state index >= 15 is 0 Å². The average molecular weight is 420 g/mol. The van der Waals surface area contributed by atoms with E-state index in [4.69, 9.17) is 4.42 Å². The van der Waals surface area contributed by atoms with E-state index in [-0.39, 0.29) is 24.1 Å². The van der Waals surface area contributed by atoms with Gasteiger partial charge in [0.05, 0.1) is 0 Å². The lowest BCUT2D eigenvalue weighted by atomic mass is 9.81. The van der Waals surface area contributed by atoms with Gasteiger partial charge in [-0.15, -0.1) is 0 Å². The number of nitrogens with zero attached hydrogens (tertiary/aromatic N) is 1. The minimum Gasteiger partial charge on any atom is -0.423 e. The Morgan fingerprint density at radius 3 is 2.55 bits per heavy atom. The minimum atomic E-state index is -0.331. The highest BCUT2D eigenvalue weighted by molar-refractivity contribution is 5.94. The standard InChI is InChI=1S/C26H29NO4/c28-18-23(8-4-5-19-9-10-21-11-12-25(29)31-24(21)17-19)20-13-15-27(16-14-20)26(30)22-6-2-1-3-7-22/h1-3,6-7,9-12,17,20,23,28H,4-5,8,13-16,18H2. The number of rotatable bonds is 7. The quantitative estimate of drug-likeness (QED) is 0.581. The first-order chi connectivity index (χ1) is 15.1. The molecule has 31 heavy (non-hydrogen) atoms. The predicted molar refractivity (Wildman–Crippen MR) is 121 cm³/mol. The van der Waals surface area contributed by atoms with Crippen LogP contribution in [-0.2, 0) is 6.42 Å². The van der Waals surface area contributed by atoms with E-state index in [9.17, 15) is 14.7 Å². The lowest BCUT2D eigenvalue weighted by molar-refractivity contribution is 0.0608. The third kappa shape index (κ3) is 5.23. The zero-order chi connectivity index (χ0) is 21.6. The summed E-state index contributed by atoms with van der Waals surface area (Å²) >= 11 is 0. The van der Waals surface area contributed by atoms with E-state index < -0.39 is 0 Å². The molecule has 1 N–H and O–H groups in total. The molecule has 0 spiro atoms. The molecule has 1 aliphatic heterocycles. The van der Waals surface area contributed by atoms with Gasteiger partial charge in [-0.2, -0.15) is 0 Å². The molecule has 0 radical (unpaired) electrons. The van der Waals surface area contributed by atoms with Crippen molar-refractivity contribution in [3.05, 3.63) is 82.2 Å². The Balaban J connectivity index is 1.28. The van der Waals surface area contributed by atoms with Gasteiger partial charge >= 0.3 is 5.63 Å². The second-order valence-electron chi connectivity index (χ2n) is 8.46. The van der Waals surface area contributed by atoms with Gasteiger partial charge in [-0.25, -0.2) is 4.79 Å². The second kappa shape index (κ2) is 9.92. The van der Waals surface area contributed by atoms with Crippen LogP contribution in [0.1, 0.15) is 41.6 Å². The van der Waals surface area contributed by atoms with Gasteiger partial charge < -0.3 is 14.4 Å². The molecule has 0 bridgehead atoms. The van der Waals surface area contributed by atoms with Gasteiger partial charge in [-0.3, -0.25) is 4.79 Å². The molecule has 1 atom stereocenters. The summed E-state index contributed by atoms with van der Waals surface area (Å²) in [5, 5.41) is 10.9. The second-order valence-corrected chi connectivity index (χ2v) is 8.46. The third-order valence-corrected chi connectivity index (χ3v) is 6.48. The van der Waals surface area contributed by atoms with E-state index in [2.05, 4.69) is 6.07 Å². The van der Waals surface area contributed by atoms with Crippen LogP contribution in [0, 0.1) is 11.8 Å². The Morgan fingerprint density at radius 1 is 1.06 bits per heavy atom. The van der Waals surface area contributed by atoms with Crippen molar-refractivity contribution < 1.29 is 14.3 Å². The van der Waals surface area contributed by atoms with Gasteiger partial charge in [0.1, 0.15) is 5.58 Å². The van der Waals surface area contributed by atoms with E-state index in [1.165, 1.54) is 6.07 Å². The number of carbonyl (C=O) groups is 1. The molecule has 1 fully saturated rings. The summed E-state index contributed by atoms with van der Waals surface area (Å²) in [5.41, 5.74) is 2.17. The van der Waals surface area contributed by atoms with Crippen LogP contribution >= 0.6 is 0 Å². The molecule has 2 aromatic carbocycles. The number of hydrogen-bond donors (Lipinski definition) is 1. The topological polar surface area (TPSA) is 70.8 Å². The highest BCUT2D eigenvalue weighted by Gasteiger charge is 2.28. The summed E-state index contributed by atoms with van der Waals surface area (Å²) in [6, 6.07) is 18.7. The average Bonchev–Trinajstić information content (AvgIpc) is 2.82. The van der Waals surface area contributed by atoms with E-state index in [0.717, 1.165) is 61.7 Å². The molecule has 1 saturated heterocycles. The first-order valence-electron chi connectivity index (χ1n) is 11.1. The Labute approximate surface area is 182 Å². The number of carbonyl (C=O) groups excluding carboxylic acids is 1. The van der Waals surface area contributed by atoms with Crippen LogP contribution in [0.5, 0.6) is 0 Å². The number of aliphatic hydroxyl groups excluding tert-OH is 1. The lowest BCUT2D eigenvalue weighted by Crippen LogP contribution is -2.40. The molecule has 4 rings (SSSR count). The molecule has 1 aliphatic rings. The fraction of sp³-hybridized carbons (Fsp3) is 0.385. The lowest BCUT2D eigenvalue weighted by Gasteiger charge is -2.35. The monoisotopic (exact) mass is 419 g/mol. The van der Waals surface area contributed by atoms with Crippen molar-refractivity contribution in [2.24, 2.45) is 11.8 Å². The number of likely N-dealkylation sites (tertiary alicyclic amines) is 1. The molecule has 1 aromatic heterocycles. The maximum Gasteiger partial charge on any atom is 0.336 e. The highest BCUT2D eigenvalue weighted by Crippen LogP contribution is 2.29. The van der Waals surface area contributed by atoms with Crippen LogP contribution in [0.25, 0.3) is 11.0 Å². The fourth-order valence-electron chi connectivity index (χ4n) is 4.64. The van der Waals surface area contributed by atoms with E-state index in [0.29, 0.717) is 11.5 Å². The van der Waals surface area contributed by atoms with Crippen LogP contribution in [0.2, 0.25) is 0 Å². The summed E-state index contributed by atoms with van der Waals surface area (Å²) in [7, 11) is 0. The first kappa shape index (κ1) is 21.3. The number of aliphatic hydroxyl groups is 1. The molecular weight excluding hydrogens is 390 g/mol. The first-order valence-corrected chi connectivity index (χ1v) is 11.1. The maximum atomic E-state index is 12.6. The number of benzene rings is 2. The number of fused-ring (bicyclic) bond motifs is 1. The Bertz CT molecular complexity index is 1070. The molecule has 1 unspecified atom stereocenters. The van der Waals surface area contributed by atoms with Crippen LogP contribution < -0.4 is 5.63 Å². The Kier molecular flexibility index (Phi) is 6.82. The number of piperidine rings is 1. The normalized spacial score (nSPS) is 15.8. The fourth-order valence-corrected chi connectivity index (χ4v) is 4.64. The molecule has 2 heterocycles. The van der Waals surface area contributed by atoms with Crippen molar-refractivity contribution in [1.82, 2.24) is 4.90 Å². The van der Waals surface area contributed by atoms with Crippen molar-refractivity contribution in [2.75, 3.05) is 19.7 Å². The maximum absolute atomic E-state index is 12.6. The molecule has 5 heteroatoms. The van der Waals surface area contributed by atoms with Crippen LogP contribution in [0.15, 0.2) is 69.9 Å². The van der Waals surface area contributed by atoms with Crippen molar-refractivity contribution in [2.45, 2.75) is 32.1 Å². The molecule has 0 aliphatic carbocycles. The van der Waals surface area contributed by atoms with Gasteiger partial charge in [0.2, 0.25) is 0 Å². The van der Waals surface area contributed by atoms with Gasteiger partial charge in [-0.1, -0.05) is 30.3 Å². The third-order valence-electron chi connectivity index (χ3n) is 6.48. The summed E-state index contributed by atoms with van der Waals surface area (Å²) in [6.07, 6.45) is 4.67. The van der Waals surface area contributed by atoms with Crippen molar-refractivity contribution in [3.63, 3.8) is 0 Å². The predicted octanol–water partition coefficient (Wildman–Crippen LogP) is 4.28. The minimum absolute atomic E-state index is 0.0996. The number of aryl methyl sites for hydroxylation is 1. The highest BCUT2D eigenvalue weighted by atomic mass is 16.4.